The lowest BCUT2D eigenvalue weighted by Crippen LogP contribution is -2.30. The first-order valence-electron chi connectivity index (χ1n) is 8.15. The fraction of sp³-hybridized carbons (Fsp3) is 0.316. The van der Waals surface area contributed by atoms with Crippen LogP contribution in [0.4, 0.5) is 0 Å². The lowest BCUT2D eigenvalue weighted by Gasteiger charge is -2.16. The molecule has 2 atom stereocenters. The Hall–Kier alpha value is -2.61. The maximum absolute atomic E-state index is 11.0. The minimum Gasteiger partial charge on any atom is -0.491 e. The molecular formula is C19H22O7. The number of ether oxygens (including phenoxy) is 3. The highest BCUT2D eigenvalue weighted by atomic mass is 16.7. The van der Waals surface area contributed by atoms with Gasteiger partial charge in [-0.25, -0.2) is 4.79 Å². The van der Waals surface area contributed by atoms with Crippen LogP contribution in [0.3, 0.4) is 0 Å². The van der Waals surface area contributed by atoms with Crippen LogP contribution in [0.2, 0.25) is 0 Å². The van der Waals surface area contributed by atoms with Gasteiger partial charge in [0.2, 0.25) is 0 Å². The highest BCUT2D eigenvalue weighted by Gasteiger charge is 2.19. The standard InChI is InChI=1S/C19H22O7/c1-2-24-19(18(22)23)26-16-8-6-15(7-9-16)25-12-17(21)14-5-3-4-13(10-14)11-20/h3-10,17,19-21H,2,11-12H2,1H3,(H,22,23)/t17-,19+/m1/s1. The lowest BCUT2D eigenvalue weighted by molar-refractivity contribution is -0.170. The Morgan fingerprint density at radius 1 is 1.12 bits per heavy atom. The molecule has 0 saturated carbocycles. The second kappa shape index (κ2) is 9.76. The third-order valence-electron chi connectivity index (χ3n) is 3.51. The average Bonchev–Trinajstić information content (AvgIpc) is 2.66. The zero-order valence-electron chi connectivity index (χ0n) is 14.4. The van der Waals surface area contributed by atoms with Crippen LogP contribution in [-0.4, -0.2) is 40.8 Å². The maximum Gasteiger partial charge on any atom is 0.373 e. The average molecular weight is 362 g/mol. The number of hydrogen-bond acceptors (Lipinski definition) is 6. The van der Waals surface area contributed by atoms with E-state index < -0.39 is 18.4 Å². The van der Waals surface area contributed by atoms with E-state index >= 15 is 0 Å². The Kier molecular flexibility index (Phi) is 7.40. The molecule has 2 aromatic carbocycles. The number of aliphatic carboxylic acids is 1. The van der Waals surface area contributed by atoms with E-state index in [0.29, 0.717) is 22.6 Å². The van der Waals surface area contributed by atoms with Crippen molar-refractivity contribution in [1.82, 2.24) is 0 Å². The number of aliphatic hydroxyl groups is 2. The van der Waals surface area contributed by atoms with Gasteiger partial charge in [-0.05, 0) is 42.3 Å². The summed E-state index contributed by atoms with van der Waals surface area (Å²) in [6.45, 7) is 1.83. The molecule has 0 unspecified atom stereocenters. The van der Waals surface area contributed by atoms with Gasteiger partial charge in [0.15, 0.2) is 0 Å². The molecule has 0 aliphatic heterocycles. The summed E-state index contributed by atoms with van der Waals surface area (Å²) in [6, 6.07) is 13.3. The Morgan fingerprint density at radius 3 is 2.42 bits per heavy atom. The fourth-order valence-electron chi connectivity index (χ4n) is 2.22. The Bertz CT molecular complexity index is 699. The van der Waals surface area contributed by atoms with E-state index in [2.05, 4.69) is 0 Å². The van der Waals surface area contributed by atoms with E-state index in [4.69, 9.17) is 24.4 Å². The first-order valence-corrected chi connectivity index (χ1v) is 8.15. The molecule has 7 heteroatoms. The van der Waals surface area contributed by atoms with Crippen LogP contribution in [0, 0.1) is 0 Å². The van der Waals surface area contributed by atoms with Crippen molar-refractivity contribution >= 4 is 5.97 Å². The van der Waals surface area contributed by atoms with Gasteiger partial charge in [0.25, 0.3) is 6.29 Å². The summed E-state index contributed by atoms with van der Waals surface area (Å²) in [4.78, 5) is 11.0. The first kappa shape index (κ1) is 19.7. The maximum atomic E-state index is 11.0. The Morgan fingerprint density at radius 2 is 1.81 bits per heavy atom. The molecule has 0 heterocycles. The summed E-state index contributed by atoms with van der Waals surface area (Å²) in [5.74, 6) is -0.382. The topological polar surface area (TPSA) is 105 Å². The van der Waals surface area contributed by atoms with Crippen LogP contribution >= 0.6 is 0 Å². The molecule has 0 aliphatic carbocycles. The molecular weight excluding hydrogens is 340 g/mol. The van der Waals surface area contributed by atoms with E-state index in [9.17, 15) is 9.90 Å². The molecule has 0 aliphatic rings. The van der Waals surface area contributed by atoms with Crippen LogP contribution in [0.5, 0.6) is 11.5 Å². The summed E-state index contributed by atoms with van der Waals surface area (Å²) >= 11 is 0. The zero-order chi connectivity index (χ0) is 18.9. The molecule has 0 saturated heterocycles. The largest absolute Gasteiger partial charge is 0.491 e. The molecule has 26 heavy (non-hydrogen) atoms. The van der Waals surface area contributed by atoms with Gasteiger partial charge >= 0.3 is 5.97 Å². The first-order chi connectivity index (χ1) is 12.5. The molecule has 0 amide bonds. The van der Waals surface area contributed by atoms with Crippen molar-refractivity contribution in [3.05, 3.63) is 59.7 Å². The summed E-state index contributed by atoms with van der Waals surface area (Å²) in [5.41, 5.74) is 1.36. The van der Waals surface area contributed by atoms with Crippen molar-refractivity contribution in [2.45, 2.75) is 25.9 Å². The monoisotopic (exact) mass is 362 g/mol. The van der Waals surface area contributed by atoms with Crippen LogP contribution in [-0.2, 0) is 16.1 Å². The molecule has 2 aromatic rings. The molecule has 7 nitrogen and oxygen atoms in total. The van der Waals surface area contributed by atoms with Gasteiger partial charge < -0.3 is 29.5 Å². The quantitative estimate of drug-likeness (QED) is 0.556. The predicted molar refractivity (Wildman–Crippen MR) is 92.9 cm³/mol. The van der Waals surface area contributed by atoms with Crippen molar-refractivity contribution in [2.75, 3.05) is 13.2 Å². The van der Waals surface area contributed by atoms with Gasteiger partial charge in [-0.15, -0.1) is 0 Å². The molecule has 2 rings (SSSR count). The molecule has 140 valence electrons. The Balaban J connectivity index is 1.91. The summed E-state index contributed by atoms with van der Waals surface area (Å²) < 4.78 is 15.8. The van der Waals surface area contributed by atoms with Crippen molar-refractivity contribution < 1.29 is 34.3 Å². The van der Waals surface area contributed by atoms with Crippen molar-refractivity contribution in [1.29, 1.82) is 0 Å². The van der Waals surface area contributed by atoms with Crippen molar-refractivity contribution in [2.24, 2.45) is 0 Å². The SMILES string of the molecule is CCO[C@@H](Oc1ccc(OC[C@@H](O)c2cccc(CO)c2)cc1)C(=O)O. The van der Waals surface area contributed by atoms with Gasteiger partial charge in [0, 0.05) is 6.61 Å². The number of aliphatic hydroxyl groups excluding tert-OH is 2. The predicted octanol–water partition coefficient (Wildman–Crippen LogP) is 2.12. The normalized spacial score (nSPS) is 13.0. The second-order valence-electron chi connectivity index (χ2n) is 5.44. The van der Waals surface area contributed by atoms with Crippen LogP contribution < -0.4 is 9.47 Å². The molecule has 0 aromatic heterocycles. The van der Waals surface area contributed by atoms with Gasteiger partial charge in [-0.1, -0.05) is 24.3 Å². The highest BCUT2D eigenvalue weighted by Crippen LogP contribution is 2.21. The van der Waals surface area contributed by atoms with E-state index in [-0.39, 0.29) is 19.8 Å². The molecule has 3 N–H and O–H groups in total. The Labute approximate surface area is 151 Å². The number of carboxylic acids is 1. The highest BCUT2D eigenvalue weighted by molar-refractivity contribution is 5.71. The number of benzene rings is 2. The smallest absolute Gasteiger partial charge is 0.373 e. The lowest BCUT2D eigenvalue weighted by atomic mass is 10.1. The summed E-state index contributed by atoms with van der Waals surface area (Å²) in [6.07, 6.45) is -2.21. The molecule has 0 radical (unpaired) electrons. The van der Waals surface area contributed by atoms with Crippen molar-refractivity contribution in [3.8, 4) is 11.5 Å². The molecule has 0 bridgehead atoms. The van der Waals surface area contributed by atoms with E-state index in [1.165, 1.54) is 0 Å². The van der Waals surface area contributed by atoms with Gasteiger partial charge in [-0.3, -0.25) is 0 Å². The van der Waals surface area contributed by atoms with Gasteiger partial charge in [0.05, 0.1) is 6.61 Å². The van der Waals surface area contributed by atoms with Crippen LogP contribution in [0.15, 0.2) is 48.5 Å². The summed E-state index contributed by atoms with van der Waals surface area (Å²) in [5, 5.41) is 28.3. The van der Waals surface area contributed by atoms with Gasteiger partial charge in [-0.2, -0.15) is 0 Å². The molecule has 0 spiro atoms. The fourth-order valence-corrected chi connectivity index (χ4v) is 2.22. The van der Waals surface area contributed by atoms with E-state index in [1.54, 1.807) is 55.5 Å². The minimum atomic E-state index is -1.37. The number of hydrogen-bond donors (Lipinski definition) is 3. The molecule has 0 fully saturated rings. The van der Waals surface area contributed by atoms with Crippen molar-refractivity contribution in [3.63, 3.8) is 0 Å². The number of carboxylic acid groups (broad SMARTS) is 1. The second-order valence-corrected chi connectivity index (χ2v) is 5.44. The van der Waals surface area contributed by atoms with Gasteiger partial charge in [0.1, 0.15) is 24.2 Å². The third-order valence-corrected chi connectivity index (χ3v) is 3.51. The summed E-state index contributed by atoms with van der Waals surface area (Å²) in [7, 11) is 0. The van der Waals surface area contributed by atoms with E-state index in [0.717, 1.165) is 0 Å². The minimum absolute atomic E-state index is 0.0335. The number of rotatable bonds is 10. The van der Waals surface area contributed by atoms with Crippen LogP contribution in [0.1, 0.15) is 24.2 Å². The van der Waals surface area contributed by atoms with E-state index in [1.807, 2.05) is 0 Å². The van der Waals surface area contributed by atoms with Crippen LogP contribution in [0.25, 0.3) is 0 Å². The zero-order valence-corrected chi connectivity index (χ0v) is 14.4. The number of carbonyl (C=O) groups is 1. The third kappa shape index (κ3) is 5.73.